The summed E-state index contributed by atoms with van der Waals surface area (Å²) in [6.07, 6.45) is 6.15. The average Bonchev–Trinajstić information content (AvgIpc) is 3.10. The van der Waals surface area contributed by atoms with Crippen LogP contribution in [0.2, 0.25) is 0 Å². The summed E-state index contributed by atoms with van der Waals surface area (Å²) >= 11 is 0. The third-order valence-corrected chi connectivity index (χ3v) is 5.86. The zero-order valence-electron chi connectivity index (χ0n) is 17.6. The van der Waals surface area contributed by atoms with Gasteiger partial charge >= 0.3 is 0 Å². The molecule has 2 aromatic carbocycles. The number of nitrogens with zero attached hydrogens (tertiary/aromatic N) is 3. The molecule has 0 aliphatic rings. The third kappa shape index (κ3) is 2.72. The number of para-hydroxylation sites is 1. The smallest absolute Gasteiger partial charge is 0.0803 e. The number of rotatable bonds is 1. The van der Waals surface area contributed by atoms with Crippen LogP contribution in [0.4, 0.5) is 0 Å². The van der Waals surface area contributed by atoms with E-state index >= 15 is 0 Å². The molecule has 0 fully saturated rings. The van der Waals surface area contributed by atoms with Crippen LogP contribution in [0.3, 0.4) is 0 Å². The average molecular weight is 380 g/mol. The van der Waals surface area contributed by atoms with Crippen molar-refractivity contribution in [1.82, 2.24) is 14.5 Å². The highest BCUT2D eigenvalue weighted by atomic mass is 15.0. The zero-order chi connectivity index (χ0) is 20.3. The minimum atomic E-state index is 0.0309. The SMILES string of the molecule is Cc1cccc(C)c1-n1ccc2c3ccc4cc(C(C)(C)C)ncc4c3ncc21. The standard InChI is InChI=1S/C26H25N3/c1-16-7-6-8-17(2)25(16)29-12-11-19-20-10-9-18-13-23(26(3,4)5)27-14-21(18)24(20)28-15-22(19)29/h6-15H,1-5H3. The van der Waals surface area contributed by atoms with Gasteiger partial charge in [0.05, 0.1) is 22.9 Å². The van der Waals surface area contributed by atoms with Crippen LogP contribution in [-0.2, 0) is 5.41 Å². The minimum absolute atomic E-state index is 0.0309. The van der Waals surface area contributed by atoms with Gasteiger partial charge in [-0.05, 0) is 42.5 Å². The molecular formula is C26H25N3. The molecule has 0 spiro atoms. The molecule has 0 radical (unpaired) electrons. The van der Waals surface area contributed by atoms with E-state index in [0.717, 1.165) is 22.1 Å². The molecule has 0 aliphatic carbocycles. The lowest BCUT2D eigenvalue weighted by molar-refractivity contribution is 0.570. The molecule has 0 saturated carbocycles. The Morgan fingerprint density at radius 1 is 0.793 bits per heavy atom. The maximum Gasteiger partial charge on any atom is 0.0803 e. The van der Waals surface area contributed by atoms with Gasteiger partial charge in [-0.1, -0.05) is 51.1 Å². The maximum atomic E-state index is 4.89. The molecular weight excluding hydrogens is 354 g/mol. The van der Waals surface area contributed by atoms with E-state index in [1.807, 2.05) is 12.4 Å². The first-order valence-electron chi connectivity index (χ1n) is 10.1. The number of pyridine rings is 2. The Balaban J connectivity index is 1.78. The Bertz CT molecular complexity index is 1380. The van der Waals surface area contributed by atoms with Crippen LogP contribution in [0.25, 0.3) is 38.3 Å². The minimum Gasteiger partial charge on any atom is -0.315 e. The monoisotopic (exact) mass is 379 g/mol. The van der Waals surface area contributed by atoms with Crippen molar-refractivity contribution in [3.8, 4) is 5.69 Å². The molecule has 0 saturated heterocycles. The summed E-state index contributed by atoms with van der Waals surface area (Å²) in [6, 6.07) is 15.2. The summed E-state index contributed by atoms with van der Waals surface area (Å²) in [4.78, 5) is 9.63. The molecule has 5 aromatic rings. The predicted molar refractivity (Wildman–Crippen MR) is 122 cm³/mol. The van der Waals surface area contributed by atoms with E-state index in [0.29, 0.717) is 0 Å². The topological polar surface area (TPSA) is 30.7 Å². The lowest BCUT2D eigenvalue weighted by Gasteiger charge is -2.18. The number of benzene rings is 2. The highest BCUT2D eigenvalue weighted by Crippen LogP contribution is 2.33. The van der Waals surface area contributed by atoms with Crippen LogP contribution in [0.15, 0.2) is 61.1 Å². The Hall–Kier alpha value is -3.20. The van der Waals surface area contributed by atoms with Gasteiger partial charge in [-0.3, -0.25) is 9.97 Å². The van der Waals surface area contributed by atoms with E-state index in [4.69, 9.17) is 9.97 Å². The van der Waals surface area contributed by atoms with Crippen LogP contribution < -0.4 is 0 Å². The Labute approximate surface area is 171 Å². The molecule has 0 aliphatic heterocycles. The zero-order valence-corrected chi connectivity index (χ0v) is 17.6. The van der Waals surface area contributed by atoms with Crippen molar-refractivity contribution in [2.75, 3.05) is 0 Å². The van der Waals surface area contributed by atoms with Crippen LogP contribution in [-0.4, -0.2) is 14.5 Å². The summed E-state index contributed by atoms with van der Waals surface area (Å²) in [5.74, 6) is 0. The van der Waals surface area contributed by atoms with Gasteiger partial charge in [-0.15, -0.1) is 0 Å². The molecule has 29 heavy (non-hydrogen) atoms. The molecule has 0 N–H and O–H groups in total. The highest BCUT2D eigenvalue weighted by Gasteiger charge is 2.17. The van der Waals surface area contributed by atoms with Gasteiger partial charge in [0.1, 0.15) is 0 Å². The van der Waals surface area contributed by atoms with Gasteiger partial charge in [0.15, 0.2) is 0 Å². The van der Waals surface area contributed by atoms with Crippen molar-refractivity contribution < 1.29 is 0 Å². The molecule has 3 nitrogen and oxygen atoms in total. The van der Waals surface area contributed by atoms with Gasteiger partial charge in [0.2, 0.25) is 0 Å². The molecule has 3 heteroatoms. The summed E-state index contributed by atoms with van der Waals surface area (Å²) in [5.41, 5.74) is 7.05. The summed E-state index contributed by atoms with van der Waals surface area (Å²) < 4.78 is 2.26. The molecule has 0 atom stereocenters. The highest BCUT2D eigenvalue weighted by molar-refractivity contribution is 6.14. The Morgan fingerprint density at radius 3 is 2.28 bits per heavy atom. The molecule has 0 amide bonds. The van der Waals surface area contributed by atoms with Crippen LogP contribution in [0.5, 0.6) is 0 Å². The second-order valence-corrected chi connectivity index (χ2v) is 8.99. The van der Waals surface area contributed by atoms with E-state index in [-0.39, 0.29) is 5.41 Å². The molecule has 3 aromatic heterocycles. The summed E-state index contributed by atoms with van der Waals surface area (Å²) in [5, 5.41) is 4.69. The summed E-state index contributed by atoms with van der Waals surface area (Å²) in [6.45, 7) is 10.9. The van der Waals surface area contributed by atoms with Gasteiger partial charge in [-0.2, -0.15) is 0 Å². The van der Waals surface area contributed by atoms with Crippen molar-refractivity contribution in [1.29, 1.82) is 0 Å². The Morgan fingerprint density at radius 2 is 1.55 bits per heavy atom. The molecule has 5 rings (SSSR count). The maximum absolute atomic E-state index is 4.89. The fourth-order valence-corrected chi connectivity index (χ4v) is 4.28. The van der Waals surface area contributed by atoms with Crippen molar-refractivity contribution in [2.45, 2.75) is 40.0 Å². The van der Waals surface area contributed by atoms with E-state index < -0.39 is 0 Å². The number of aromatic nitrogens is 3. The quantitative estimate of drug-likeness (QED) is 0.306. The fraction of sp³-hybridized carbons (Fsp3) is 0.231. The number of aryl methyl sites for hydroxylation is 2. The normalized spacial score (nSPS) is 12.3. The first-order chi connectivity index (χ1) is 13.8. The molecule has 0 unspecified atom stereocenters. The van der Waals surface area contributed by atoms with Crippen molar-refractivity contribution >= 4 is 32.6 Å². The van der Waals surface area contributed by atoms with Crippen molar-refractivity contribution in [2.24, 2.45) is 0 Å². The number of fused-ring (bicyclic) bond motifs is 5. The van der Waals surface area contributed by atoms with Gasteiger partial charge in [-0.25, -0.2) is 0 Å². The van der Waals surface area contributed by atoms with Gasteiger partial charge in [0, 0.05) is 39.7 Å². The van der Waals surface area contributed by atoms with Crippen LogP contribution in [0.1, 0.15) is 37.6 Å². The lowest BCUT2D eigenvalue weighted by Crippen LogP contribution is -2.13. The second kappa shape index (κ2) is 6.15. The predicted octanol–water partition coefficient (Wildman–Crippen LogP) is 6.64. The lowest BCUT2D eigenvalue weighted by atomic mass is 9.90. The van der Waals surface area contributed by atoms with Gasteiger partial charge in [0.25, 0.3) is 0 Å². The van der Waals surface area contributed by atoms with Crippen LogP contribution in [0, 0.1) is 13.8 Å². The molecule has 3 heterocycles. The first-order valence-corrected chi connectivity index (χ1v) is 10.1. The van der Waals surface area contributed by atoms with Crippen LogP contribution >= 0.6 is 0 Å². The first kappa shape index (κ1) is 17.9. The molecule has 0 bridgehead atoms. The van der Waals surface area contributed by atoms with Crippen molar-refractivity contribution in [3.63, 3.8) is 0 Å². The van der Waals surface area contributed by atoms with E-state index in [9.17, 15) is 0 Å². The number of hydrogen-bond acceptors (Lipinski definition) is 2. The molecule has 144 valence electrons. The fourth-order valence-electron chi connectivity index (χ4n) is 4.28. The second-order valence-electron chi connectivity index (χ2n) is 8.99. The largest absolute Gasteiger partial charge is 0.315 e. The van der Waals surface area contributed by atoms with Gasteiger partial charge < -0.3 is 4.57 Å². The Kier molecular flexibility index (Phi) is 3.79. The number of hydrogen-bond donors (Lipinski definition) is 0. The van der Waals surface area contributed by atoms with Crippen molar-refractivity contribution in [3.05, 3.63) is 77.9 Å². The summed E-state index contributed by atoms with van der Waals surface area (Å²) in [7, 11) is 0. The third-order valence-electron chi connectivity index (χ3n) is 5.86. The van der Waals surface area contributed by atoms with E-state index in [2.05, 4.69) is 87.8 Å². The van der Waals surface area contributed by atoms with E-state index in [1.54, 1.807) is 0 Å². The van der Waals surface area contributed by atoms with E-state index in [1.165, 1.54) is 33.0 Å².